The van der Waals surface area contributed by atoms with Crippen LogP contribution < -0.4 is 0 Å². The molecule has 0 saturated carbocycles. The van der Waals surface area contributed by atoms with Crippen LogP contribution >= 0.6 is 0 Å². The molecule has 0 unspecified atom stereocenters. The highest BCUT2D eigenvalue weighted by Crippen LogP contribution is 2.40. The maximum atomic E-state index is 12.9. The van der Waals surface area contributed by atoms with Gasteiger partial charge >= 0.3 is 0 Å². The molecule has 2 atom stereocenters. The fourth-order valence-corrected chi connectivity index (χ4v) is 4.90. The van der Waals surface area contributed by atoms with Gasteiger partial charge in [-0.15, -0.1) is 0 Å². The maximum Gasteiger partial charge on any atom is 0.253 e. The number of fused-ring (bicyclic) bond motifs is 5. The number of piperidine rings is 1. The summed E-state index contributed by atoms with van der Waals surface area (Å²) in [7, 11) is 1.96. The summed E-state index contributed by atoms with van der Waals surface area (Å²) in [5.74, 6) is 0.127. The van der Waals surface area contributed by atoms with Crippen LogP contribution in [0.4, 0.5) is 0 Å². The van der Waals surface area contributed by atoms with Crippen LogP contribution in [0.25, 0.3) is 10.9 Å². The first kappa shape index (κ1) is 16.6. The zero-order chi connectivity index (χ0) is 18.4. The first-order valence-corrected chi connectivity index (χ1v) is 9.88. The van der Waals surface area contributed by atoms with Crippen molar-refractivity contribution in [2.24, 2.45) is 0 Å². The van der Waals surface area contributed by atoms with Crippen LogP contribution in [0.5, 0.6) is 0 Å². The first-order valence-electron chi connectivity index (χ1n) is 9.88. The van der Waals surface area contributed by atoms with E-state index in [-0.39, 0.29) is 11.9 Å². The molecule has 27 heavy (non-hydrogen) atoms. The summed E-state index contributed by atoms with van der Waals surface area (Å²) in [5.41, 5.74) is 4.86. The summed E-state index contributed by atoms with van der Waals surface area (Å²) in [6.45, 7) is 2.17. The lowest BCUT2D eigenvalue weighted by atomic mass is 9.87. The smallest absolute Gasteiger partial charge is 0.253 e. The second-order valence-electron chi connectivity index (χ2n) is 7.82. The number of rotatable bonds is 2. The molecule has 1 amide bonds. The molecule has 1 N–H and O–H groups in total. The normalized spacial score (nSPS) is 22.3. The molecular formula is C23H25N3O. The Hall–Kier alpha value is -2.59. The number of H-pyrrole nitrogens is 1. The summed E-state index contributed by atoms with van der Waals surface area (Å²) < 4.78 is 0. The third kappa shape index (κ3) is 2.76. The van der Waals surface area contributed by atoms with E-state index in [1.54, 1.807) is 0 Å². The number of benzene rings is 2. The van der Waals surface area contributed by atoms with Gasteiger partial charge in [0.05, 0.1) is 6.04 Å². The van der Waals surface area contributed by atoms with E-state index in [4.69, 9.17) is 0 Å². The molecule has 4 heteroatoms. The standard InChI is InChI=1S/C23H25N3O/c1-25(23(27)16-7-3-2-4-8-16)17-11-13-26-14-12-19-18-9-5-6-10-20(18)24-22(19)21(26)15-17/h2-10,17,21,24H,11-15H2,1H3/t17-,21-/m0/s1. The van der Waals surface area contributed by atoms with Gasteiger partial charge in [0.1, 0.15) is 0 Å². The molecule has 0 spiro atoms. The Balaban J connectivity index is 1.43. The minimum absolute atomic E-state index is 0.127. The van der Waals surface area contributed by atoms with E-state index in [1.165, 1.54) is 22.2 Å². The van der Waals surface area contributed by atoms with Gasteiger partial charge in [0, 0.05) is 48.3 Å². The van der Waals surface area contributed by atoms with E-state index in [2.05, 4.69) is 34.1 Å². The largest absolute Gasteiger partial charge is 0.357 e. The number of nitrogens with zero attached hydrogens (tertiary/aromatic N) is 2. The van der Waals surface area contributed by atoms with Crippen molar-refractivity contribution in [3.63, 3.8) is 0 Å². The molecule has 0 aliphatic carbocycles. The number of aromatic amines is 1. The van der Waals surface area contributed by atoms with Gasteiger partial charge in [0.2, 0.25) is 0 Å². The summed E-state index contributed by atoms with van der Waals surface area (Å²) in [4.78, 5) is 21.1. The number of carbonyl (C=O) groups is 1. The van der Waals surface area contributed by atoms with Gasteiger partial charge < -0.3 is 9.88 Å². The summed E-state index contributed by atoms with van der Waals surface area (Å²) in [6.07, 6.45) is 3.15. The monoisotopic (exact) mass is 359 g/mol. The molecule has 5 rings (SSSR count). The Labute approximate surface area is 159 Å². The predicted molar refractivity (Wildman–Crippen MR) is 108 cm³/mol. The molecule has 2 aromatic carbocycles. The van der Waals surface area contributed by atoms with Crippen molar-refractivity contribution in [1.82, 2.24) is 14.8 Å². The maximum absolute atomic E-state index is 12.9. The molecule has 4 nitrogen and oxygen atoms in total. The van der Waals surface area contributed by atoms with E-state index >= 15 is 0 Å². The van der Waals surface area contributed by atoms with E-state index in [0.717, 1.165) is 37.9 Å². The average Bonchev–Trinajstić information content (AvgIpc) is 3.12. The van der Waals surface area contributed by atoms with Crippen LogP contribution in [0, 0.1) is 0 Å². The van der Waals surface area contributed by atoms with Gasteiger partial charge in [-0.1, -0.05) is 36.4 Å². The van der Waals surface area contributed by atoms with E-state index in [0.29, 0.717) is 6.04 Å². The Morgan fingerprint density at radius 3 is 2.70 bits per heavy atom. The molecule has 0 radical (unpaired) electrons. The van der Waals surface area contributed by atoms with Crippen molar-refractivity contribution in [2.45, 2.75) is 31.3 Å². The Morgan fingerprint density at radius 2 is 1.85 bits per heavy atom. The molecule has 0 bridgehead atoms. The van der Waals surface area contributed by atoms with Crippen LogP contribution in [-0.2, 0) is 6.42 Å². The van der Waals surface area contributed by atoms with Crippen molar-refractivity contribution < 1.29 is 4.79 Å². The number of carbonyl (C=O) groups excluding carboxylic acids is 1. The highest BCUT2D eigenvalue weighted by atomic mass is 16.2. The molecule has 1 saturated heterocycles. The van der Waals surface area contributed by atoms with Crippen molar-refractivity contribution in [1.29, 1.82) is 0 Å². The molecule has 1 aromatic heterocycles. The zero-order valence-electron chi connectivity index (χ0n) is 15.7. The topological polar surface area (TPSA) is 39.3 Å². The summed E-state index contributed by atoms with van der Waals surface area (Å²) in [5, 5.41) is 1.36. The Morgan fingerprint density at radius 1 is 1.07 bits per heavy atom. The number of amides is 1. The van der Waals surface area contributed by atoms with Gasteiger partial charge in [-0.2, -0.15) is 0 Å². The van der Waals surface area contributed by atoms with Crippen LogP contribution in [-0.4, -0.2) is 46.9 Å². The fourth-order valence-electron chi connectivity index (χ4n) is 4.90. The highest BCUT2D eigenvalue weighted by molar-refractivity contribution is 5.94. The molecular weight excluding hydrogens is 334 g/mol. The molecule has 2 aliphatic heterocycles. The molecule has 2 aliphatic rings. The van der Waals surface area contributed by atoms with Gasteiger partial charge in [-0.25, -0.2) is 0 Å². The second-order valence-corrected chi connectivity index (χ2v) is 7.82. The van der Waals surface area contributed by atoms with Crippen LogP contribution in [0.2, 0.25) is 0 Å². The molecule has 1 fully saturated rings. The molecule has 138 valence electrons. The minimum atomic E-state index is 0.127. The fraction of sp³-hybridized carbons (Fsp3) is 0.348. The van der Waals surface area contributed by atoms with Gasteiger partial charge in [0.25, 0.3) is 5.91 Å². The van der Waals surface area contributed by atoms with Crippen molar-refractivity contribution in [3.05, 3.63) is 71.4 Å². The van der Waals surface area contributed by atoms with Crippen LogP contribution in [0.1, 0.15) is 40.5 Å². The Kier molecular flexibility index (Phi) is 4.01. The number of para-hydroxylation sites is 1. The Bertz CT molecular complexity index is 978. The zero-order valence-corrected chi connectivity index (χ0v) is 15.7. The van der Waals surface area contributed by atoms with E-state index in [1.807, 2.05) is 42.3 Å². The molecule has 3 aromatic rings. The number of aromatic nitrogens is 1. The number of nitrogens with one attached hydrogen (secondary N) is 1. The van der Waals surface area contributed by atoms with Crippen molar-refractivity contribution in [3.8, 4) is 0 Å². The second kappa shape index (κ2) is 6.54. The van der Waals surface area contributed by atoms with Gasteiger partial charge in [-0.05, 0) is 43.0 Å². The first-order chi connectivity index (χ1) is 13.2. The lowest BCUT2D eigenvalue weighted by Crippen LogP contribution is -2.49. The predicted octanol–water partition coefficient (Wildman–Crippen LogP) is 4.00. The lowest BCUT2D eigenvalue weighted by Gasteiger charge is -2.44. The summed E-state index contributed by atoms with van der Waals surface area (Å²) in [6, 6.07) is 18.9. The van der Waals surface area contributed by atoms with Gasteiger partial charge in [0.15, 0.2) is 0 Å². The highest BCUT2D eigenvalue weighted by Gasteiger charge is 2.37. The SMILES string of the molecule is CN(C(=O)c1ccccc1)[C@H]1CCN2CCc3c([nH]c4ccccc34)[C@@H]2C1. The lowest BCUT2D eigenvalue weighted by molar-refractivity contribution is 0.0496. The summed E-state index contributed by atoms with van der Waals surface area (Å²) >= 11 is 0. The quantitative estimate of drug-likeness (QED) is 0.751. The van der Waals surface area contributed by atoms with Crippen LogP contribution in [0.15, 0.2) is 54.6 Å². The third-order valence-corrected chi connectivity index (χ3v) is 6.40. The van der Waals surface area contributed by atoms with Crippen molar-refractivity contribution >= 4 is 16.8 Å². The average molecular weight is 359 g/mol. The van der Waals surface area contributed by atoms with Gasteiger partial charge in [-0.3, -0.25) is 9.69 Å². The van der Waals surface area contributed by atoms with E-state index < -0.39 is 0 Å². The third-order valence-electron chi connectivity index (χ3n) is 6.40. The van der Waals surface area contributed by atoms with E-state index in [9.17, 15) is 4.79 Å². The minimum Gasteiger partial charge on any atom is -0.357 e. The van der Waals surface area contributed by atoms with Crippen molar-refractivity contribution in [2.75, 3.05) is 20.1 Å². The molecule has 3 heterocycles. The number of hydrogen-bond acceptors (Lipinski definition) is 2. The number of hydrogen-bond donors (Lipinski definition) is 1. The van der Waals surface area contributed by atoms with Crippen LogP contribution in [0.3, 0.4) is 0 Å².